The molecule has 0 aromatic carbocycles. The summed E-state index contributed by atoms with van der Waals surface area (Å²) >= 11 is 1.76. The number of methoxy groups -OCH3 is 1. The highest BCUT2D eigenvalue weighted by Gasteiger charge is 2.12. The van der Waals surface area contributed by atoms with Crippen LogP contribution in [0.2, 0.25) is 0 Å². The van der Waals surface area contributed by atoms with E-state index in [1.54, 1.807) is 18.4 Å². The molecule has 1 N–H and O–H groups in total. The van der Waals surface area contributed by atoms with Crippen molar-refractivity contribution in [2.24, 2.45) is 0 Å². The molecule has 2 aromatic rings. The Morgan fingerprint density at radius 2 is 2.33 bits per heavy atom. The van der Waals surface area contributed by atoms with Crippen LogP contribution < -0.4 is 10.1 Å². The molecule has 0 bridgehead atoms. The lowest BCUT2D eigenvalue weighted by atomic mass is 10.1. The van der Waals surface area contributed by atoms with E-state index in [1.165, 1.54) is 11.2 Å². The van der Waals surface area contributed by atoms with E-state index in [0.29, 0.717) is 11.9 Å². The van der Waals surface area contributed by atoms with Crippen LogP contribution in [-0.4, -0.2) is 17.1 Å². The standard InChI is InChI=1S/C13H17N3OS/c1-3-5-10(11-6-4-7-18-11)16-12-8-13(17-2)15-9-14-12/h4,6-10H,3,5H2,1-2H3,(H,14,15,16). The van der Waals surface area contributed by atoms with Gasteiger partial charge in [0.1, 0.15) is 12.1 Å². The largest absolute Gasteiger partial charge is 0.481 e. The van der Waals surface area contributed by atoms with Gasteiger partial charge in [-0.1, -0.05) is 19.4 Å². The Morgan fingerprint density at radius 1 is 1.44 bits per heavy atom. The summed E-state index contributed by atoms with van der Waals surface area (Å²) in [5, 5.41) is 5.53. The van der Waals surface area contributed by atoms with E-state index >= 15 is 0 Å². The molecule has 2 rings (SSSR count). The Hall–Kier alpha value is -1.62. The third-order valence-corrected chi connectivity index (χ3v) is 3.62. The number of ether oxygens (including phenoxy) is 1. The highest BCUT2D eigenvalue weighted by Crippen LogP contribution is 2.27. The van der Waals surface area contributed by atoms with E-state index in [0.717, 1.165) is 18.7 Å². The maximum absolute atomic E-state index is 5.10. The second-order valence-electron chi connectivity index (χ2n) is 3.95. The van der Waals surface area contributed by atoms with Crippen LogP contribution in [0.15, 0.2) is 29.9 Å². The lowest BCUT2D eigenvalue weighted by molar-refractivity contribution is 0.397. The molecule has 0 aliphatic heterocycles. The Morgan fingerprint density at radius 3 is 3.00 bits per heavy atom. The number of nitrogens with one attached hydrogen (secondary N) is 1. The van der Waals surface area contributed by atoms with Gasteiger partial charge >= 0.3 is 0 Å². The zero-order valence-corrected chi connectivity index (χ0v) is 11.4. The van der Waals surface area contributed by atoms with Crippen molar-refractivity contribution in [1.29, 1.82) is 0 Å². The zero-order valence-electron chi connectivity index (χ0n) is 10.6. The van der Waals surface area contributed by atoms with Crippen molar-refractivity contribution >= 4 is 17.2 Å². The summed E-state index contributed by atoms with van der Waals surface area (Å²) < 4.78 is 5.10. The van der Waals surface area contributed by atoms with E-state index in [2.05, 4.69) is 39.7 Å². The first-order valence-corrected chi connectivity index (χ1v) is 6.87. The average molecular weight is 263 g/mol. The Kier molecular flexibility index (Phi) is 4.52. The quantitative estimate of drug-likeness (QED) is 0.866. The van der Waals surface area contributed by atoms with Crippen molar-refractivity contribution in [3.63, 3.8) is 0 Å². The Balaban J connectivity index is 2.13. The monoisotopic (exact) mass is 263 g/mol. The molecular weight excluding hydrogens is 246 g/mol. The zero-order chi connectivity index (χ0) is 12.8. The smallest absolute Gasteiger partial charge is 0.218 e. The molecule has 0 saturated heterocycles. The molecule has 0 fully saturated rings. The third kappa shape index (κ3) is 3.20. The minimum Gasteiger partial charge on any atom is -0.481 e. The van der Waals surface area contributed by atoms with Crippen molar-refractivity contribution in [2.45, 2.75) is 25.8 Å². The van der Waals surface area contributed by atoms with Gasteiger partial charge in [-0.15, -0.1) is 11.3 Å². The van der Waals surface area contributed by atoms with Crippen molar-refractivity contribution in [1.82, 2.24) is 9.97 Å². The van der Waals surface area contributed by atoms with Crippen molar-refractivity contribution in [3.8, 4) is 5.88 Å². The van der Waals surface area contributed by atoms with Crippen LogP contribution in [0.4, 0.5) is 5.82 Å². The second-order valence-corrected chi connectivity index (χ2v) is 4.93. The molecule has 0 radical (unpaired) electrons. The fraction of sp³-hybridized carbons (Fsp3) is 0.385. The van der Waals surface area contributed by atoms with E-state index < -0.39 is 0 Å². The van der Waals surface area contributed by atoms with Crippen LogP contribution in [0.3, 0.4) is 0 Å². The summed E-state index contributed by atoms with van der Waals surface area (Å²) in [5.41, 5.74) is 0. The molecule has 0 aliphatic carbocycles. The molecule has 96 valence electrons. The van der Waals surface area contributed by atoms with Gasteiger partial charge in [0.25, 0.3) is 0 Å². The normalized spacial score (nSPS) is 12.1. The number of rotatable bonds is 6. The maximum atomic E-state index is 5.10. The van der Waals surface area contributed by atoms with Gasteiger partial charge in [0.15, 0.2) is 0 Å². The van der Waals surface area contributed by atoms with Crippen LogP contribution in [-0.2, 0) is 0 Å². The van der Waals surface area contributed by atoms with Gasteiger partial charge in [-0.05, 0) is 17.9 Å². The van der Waals surface area contributed by atoms with Gasteiger partial charge in [0, 0.05) is 10.9 Å². The van der Waals surface area contributed by atoms with Crippen LogP contribution in [0.1, 0.15) is 30.7 Å². The molecule has 0 aliphatic rings. The molecule has 18 heavy (non-hydrogen) atoms. The lowest BCUT2D eigenvalue weighted by Gasteiger charge is -2.17. The molecule has 0 spiro atoms. The highest BCUT2D eigenvalue weighted by molar-refractivity contribution is 7.10. The minimum atomic E-state index is 0.301. The summed E-state index contributed by atoms with van der Waals surface area (Å²) in [7, 11) is 1.61. The number of aromatic nitrogens is 2. The van der Waals surface area contributed by atoms with E-state index in [9.17, 15) is 0 Å². The lowest BCUT2D eigenvalue weighted by Crippen LogP contribution is -2.10. The molecule has 0 amide bonds. The Labute approximate surface area is 111 Å². The topological polar surface area (TPSA) is 47.0 Å². The first-order valence-electron chi connectivity index (χ1n) is 5.99. The summed E-state index contributed by atoms with van der Waals surface area (Å²) in [5.74, 6) is 1.38. The van der Waals surface area contributed by atoms with E-state index in [1.807, 2.05) is 6.07 Å². The van der Waals surface area contributed by atoms with Crippen molar-refractivity contribution in [3.05, 3.63) is 34.8 Å². The van der Waals surface area contributed by atoms with Crippen LogP contribution >= 0.6 is 11.3 Å². The molecule has 5 heteroatoms. The number of hydrogen-bond donors (Lipinski definition) is 1. The van der Waals surface area contributed by atoms with Gasteiger partial charge in [-0.2, -0.15) is 0 Å². The number of hydrogen-bond acceptors (Lipinski definition) is 5. The highest BCUT2D eigenvalue weighted by atomic mass is 32.1. The van der Waals surface area contributed by atoms with Crippen LogP contribution in [0.25, 0.3) is 0 Å². The van der Waals surface area contributed by atoms with Gasteiger partial charge in [0.2, 0.25) is 5.88 Å². The van der Waals surface area contributed by atoms with Crippen molar-refractivity contribution in [2.75, 3.05) is 12.4 Å². The molecule has 2 heterocycles. The maximum Gasteiger partial charge on any atom is 0.218 e. The number of thiophene rings is 1. The first kappa shape index (κ1) is 12.8. The van der Waals surface area contributed by atoms with Crippen LogP contribution in [0.5, 0.6) is 5.88 Å². The summed E-state index contributed by atoms with van der Waals surface area (Å²) in [6.45, 7) is 2.18. The van der Waals surface area contributed by atoms with Crippen molar-refractivity contribution < 1.29 is 4.74 Å². The van der Waals surface area contributed by atoms with Gasteiger partial charge in [-0.3, -0.25) is 0 Å². The second kappa shape index (κ2) is 6.35. The van der Waals surface area contributed by atoms with E-state index in [4.69, 9.17) is 4.74 Å². The van der Waals surface area contributed by atoms with Gasteiger partial charge < -0.3 is 10.1 Å². The van der Waals surface area contributed by atoms with Gasteiger partial charge in [-0.25, -0.2) is 9.97 Å². The molecule has 4 nitrogen and oxygen atoms in total. The fourth-order valence-corrected chi connectivity index (χ4v) is 2.58. The molecule has 1 unspecified atom stereocenters. The van der Waals surface area contributed by atoms with E-state index in [-0.39, 0.29) is 0 Å². The minimum absolute atomic E-state index is 0.301. The number of anilines is 1. The molecular formula is C13H17N3OS. The predicted molar refractivity (Wildman–Crippen MR) is 74.2 cm³/mol. The Bertz CT molecular complexity index is 473. The summed E-state index contributed by atoms with van der Waals surface area (Å²) in [6.07, 6.45) is 3.71. The van der Waals surface area contributed by atoms with Crippen LogP contribution in [0, 0.1) is 0 Å². The van der Waals surface area contributed by atoms with Gasteiger partial charge in [0.05, 0.1) is 13.2 Å². The molecule has 1 atom stereocenters. The third-order valence-electron chi connectivity index (χ3n) is 2.64. The predicted octanol–water partition coefficient (Wildman–Crippen LogP) is 3.50. The number of nitrogens with zero attached hydrogens (tertiary/aromatic N) is 2. The first-order chi connectivity index (χ1) is 8.83. The summed E-state index contributed by atoms with van der Waals surface area (Å²) in [6, 6.07) is 6.34. The fourth-order valence-electron chi connectivity index (χ4n) is 1.77. The molecule has 2 aromatic heterocycles. The average Bonchev–Trinajstić information content (AvgIpc) is 2.92. The summed E-state index contributed by atoms with van der Waals surface area (Å²) in [4.78, 5) is 9.55. The SMILES string of the molecule is CCCC(Nc1cc(OC)ncn1)c1cccs1. The molecule has 0 saturated carbocycles.